The van der Waals surface area contributed by atoms with Crippen LogP contribution in [-0.2, 0) is 9.31 Å². The zero-order valence-corrected chi connectivity index (χ0v) is 46.7. The Bertz CT molecular complexity index is 4360. The fourth-order valence-corrected chi connectivity index (χ4v) is 13.9. The number of thiophene rings is 4. The van der Waals surface area contributed by atoms with Gasteiger partial charge in [-0.25, -0.2) is 19.9 Å². The maximum atomic E-state index is 6.24. The van der Waals surface area contributed by atoms with Crippen molar-refractivity contribution in [1.29, 1.82) is 0 Å². The number of hydrogen-bond donors (Lipinski definition) is 0. The molecule has 1 fully saturated rings. The summed E-state index contributed by atoms with van der Waals surface area (Å²) in [6, 6.07) is 66.3. The number of halogens is 1. The molecule has 0 aliphatic carbocycles. The fraction of sp³-hybridized carbons (Fsp3) is 0.0938. The van der Waals surface area contributed by atoms with Gasteiger partial charge in [0.1, 0.15) is 0 Å². The minimum atomic E-state index is -0.307. The van der Waals surface area contributed by atoms with Gasteiger partial charge in [0.05, 0.1) is 16.1 Å². The Morgan fingerprint density at radius 3 is 1.17 bits per heavy atom. The van der Waals surface area contributed by atoms with E-state index < -0.39 is 0 Å². The van der Waals surface area contributed by atoms with Crippen LogP contribution in [-0.4, -0.2) is 48.2 Å². The van der Waals surface area contributed by atoms with Crippen LogP contribution >= 0.6 is 56.9 Å². The number of benzene rings is 8. The van der Waals surface area contributed by atoms with Crippen LogP contribution in [0, 0.1) is 0 Å². The van der Waals surface area contributed by atoms with Crippen LogP contribution in [0.15, 0.2) is 205 Å². The Balaban J connectivity index is 0.000000116. The lowest BCUT2D eigenvalue weighted by atomic mass is 9.87. The van der Waals surface area contributed by atoms with Crippen molar-refractivity contribution in [1.82, 2.24) is 29.9 Å². The normalized spacial score (nSPS) is 13.8. The molecule has 14 aromatic rings. The molecule has 1 aliphatic rings. The van der Waals surface area contributed by atoms with Crippen LogP contribution in [0.25, 0.3) is 118 Å². The van der Waals surface area contributed by atoms with Gasteiger partial charge in [-0.3, -0.25) is 0 Å². The van der Waals surface area contributed by atoms with Gasteiger partial charge in [-0.2, -0.15) is 9.97 Å². The van der Waals surface area contributed by atoms with E-state index in [9.17, 15) is 0 Å². The minimum absolute atomic E-state index is 0.202. The van der Waals surface area contributed by atoms with Crippen molar-refractivity contribution in [2.75, 3.05) is 0 Å². The molecule has 0 spiro atoms. The molecule has 8 nitrogen and oxygen atoms in total. The van der Waals surface area contributed by atoms with Crippen molar-refractivity contribution >= 4 is 131 Å². The molecule has 6 aromatic heterocycles. The molecular weight excluding hydrogens is 1060 g/mol. The third-order valence-electron chi connectivity index (χ3n) is 14.3. The van der Waals surface area contributed by atoms with Gasteiger partial charge in [0, 0.05) is 67.4 Å². The Morgan fingerprint density at radius 1 is 0.372 bits per heavy atom. The first-order valence-corrected chi connectivity index (χ1v) is 29.2. The largest absolute Gasteiger partial charge is 0.505 e. The first-order chi connectivity index (χ1) is 38.0. The average molecular weight is 1110 g/mol. The summed E-state index contributed by atoms with van der Waals surface area (Å²) in [6.07, 6.45) is 0. The minimum Gasteiger partial charge on any atom is -0.399 e. The van der Waals surface area contributed by atoms with Crippen molar-refractivity contribution in [3.63, 3.8) is 0 Å². The molecule has 8 aromatic carbocycles. The molecule has 15 rings (SSSR count). The summed E-state index contributed by atoms with van der Waals surface area (Å²) in [6.45, 7) is 8.40. The predicted molar refractivity (Wildman–Crippen MR) is 331 cm³/mol. The molecule has 7 heterocycles. The summed E-state index contributed by atoms with van der Waals surface area (Å²) in [5, 5.41) is 14.9. The molecule has 0 bridgehead atoms. The second-order valence-corrected chi connectivity index (χ2v) is 24.1. The van der Waals surface area contributed by atoms with E-state index >= 15 is 0 Å². The van der Waals surface area contributed by atoms with E-state index in [1.165, 1.54) is 61.9 Å². The standard InChI is InChI=1S/C29H17N3S2.C20H19BO2S2.C15H10ClN3/c1-3-7-19(8-4-1)27-30-28(20-9-5-2-6-10-20)32-29(31-27)24-17-21-12-14-22-23(26(21)34-24)13-11-18-15-16-33-25(18)22;1-19(2)20(3,4)23-21(22-19)16-11-13-6-8-14-15(18(13)25-16)7-5-12-9-10-24-17(12)14;16-15-18-13(11-7-3-1-4-8-11)17-14(19-15)12-9-5-2-6-10-12/h1-17H;5-11H,1-4H3;1-10H. The van der Waals surface area contributed by atoms with Crippen molar-refractivity contribution in [2.45, 2.75) is 38.9 Å². The van der Waals surface area contributed by atoms with Gasteiger partial charge in [0.2, 0.25) is 5.28 Å². The van der Waals surface area contributed by atoms with E-state index in [1.54, 1.807) is 34.0 Å². The van der Waals surface area contributed by atoms with Crippen LogP contribution in [0.1, 0.15) is 27.7 Å². The summed E-state index contributed by atoms with van der Waals surface area (Å²) in [4.78, 5) is 28.5. The van der Waals surface area contributed by atoms with Crippen molar-refractivity contribution in [3.8, 4) is 56.3 Å². The number of nitrogens with zero attached hydrogens (tertiary/aromatic N) is 6. The molecule has 378 valence electrons. The third-order valence-corrected chi connectivity index (χ3v) is 18.8. The van der Waals surface area contributed by atoms with Crippen LogP contribution in [0.4, 0.5) is 0 Å². The van der Waals surface area contributed by atoms with Crippen LogP contribution in [0.3, 0.4) is 0 Å². The molecule has 78 heavy (non-hydrogen) atoms. The van der Waals surface area contributed by atoms with E-state index in [1.807, 2.05) is 133 Å². The highest BCUT2D eigenvalue weighted by Gasteiger charge is 2.52. The Hall–Kier alpha value is -7.59. The number of aromatic nitrogens is 6. The van der Waals surface area contributed by atoms with Gasteiger partial charge in [-0.15, -0.1) is 45.3 Å². The monoisotopic (exact) mass is 1100 g/mol. The van der Waals surface area contributed by atoms with Gasteiger partial charge in [0.15, 0.2) is 29.1 Å². The van der Waals surface area contributed by atoms with E-state index in [2.05, 4.69) is 126 Å². The van der Waals surface area contributed by atoms with Gasteiger partial charge in [-0.1, -0.05) is 170 Å². The zero-order valence-electron chi connectivity index (χ0n) is 42.7. The van der Waals surface area contributed by atoms with Crippen LogP contribution < -0.4 is 4.78 Å². The molecular formula is C64H46BClN6O2S4. The van der Waals surface area contributed by atoms with E-state index in [-0.39, 0.29) is 23.6 Å². The second-order valence-electron chi connectivity index (χ2n) is 19.8. The Labute approximate surface area is 471 Å². The van der Waals surface area contributed by atoms with Crippen molar-refractivity contribution in [2.24, 2.45) is 0 Å². The summed E-state index contributed by atoms with van der Waals surface area (Å²) in [5.41, 5.74) is 3.19. The predicted octanol–water partition coefficient (Wildman–Crippen LogP) is 17.9. The highest BCUT2D eigenvalue weighted by molar-refractivity contribution is 7.29. The lowest BCUT2D eigenvalue weighted by Crippen LogP contribution is -2.41. The molecule has 1 aliphatic heterocycles. The molecule has 0 N–H and O–H groups in total. The number of fused-ring (bicyclic) bond motifs is 10. The smallest absolute Gasteiger partial charge is 0.399 e. The van der Waals surface area contributed by atoms with Crippen molar-refractivity contribution in [3.05, 3.63) is 210 Å². The fourth-order valence-electron chi connectivity index (χ4n) is 9.57. The highest BCUT2D eigenvalue weighted by atomic mass is 35.5. The second kappa shape index (κ2) is 20.7. The van der Waals surface area contributed by atoms with Gasteiger partial charge >= 0.3 is 7.12 Å². The first kappa shape index (κ1) is 50.0. The molecule has 14 heteroatoms. The zero-order chi connectivity index (χ0) is 53.0. The molecule has 0 saturated carbocycles. The summed E-state index contributed by atoms with van der Waals surface area (Å²) >= 11 is 13.1. The Morgan fingerprint density at radius 2 is 0.731 bits per heavy atom. The van der Waals surface area contributed by atoms with E-state index in [0.717, 1.165) is 31.9 Å². The topological polar surface area (TPSA) is 95.8 Å². The van der Waals surface area contributed by atoms with Crippen LogP contribution in [0.2, 0.25) is 5.28 Å². The number of hydrogen-bond acceptors (Lipinski definition) is 12. The highest BCUT2D eigenvalue weighted by Crippen LogP contribution is 2.42. The summed E-state index contributed by atoms with van der Waals surface area (Å²) < 4.78 is 18.9. The van der Waals surface area contributed by atoms with E-state index in [0.29, 0.717) is 29.1 Å². The maximum Gasteiger partial charge on any atom is 0.505 e. The molecule has 0 radical (unpaired) electrons. The molecule has 0 unspecified atom stereocenters. The lowest BCUT2D eigenvalue weighted by molar-refractivity contribution is 0.00578. The first-order valence-electron chi connectivity index (χ1n) is 25.4. The SMILES string of the molecule is CC1(C)OB(c2cc3ccc4c(ccc5ccsc54)c3s2)OC1(C)C.Clc1nc(-c2ccccc2)nc(-c2ccccc2)n1.c1ccc(-c2nc(-c3ccccc3)nc(-c3cc4ccc5c(ccc6ccsc65)c4s3)n2)cc1. The summed E-state index contributed by atoms with van der Waals surface area (Å²) in [5.74, 6) is 3.25. The van der Waals surface area contributed by atoms with Gasteiger partial charge in [-0.05, 0) is 95.9 Å². The van der Waals surface area contributed by atoms with Crippen LogP contribution in [0.5, 0.6) is 0 Å². The van der Waals surface area contributed by atoms with Crippen molar-refractivity contribution < 1.29 is 9.31 Å². The summed E-state index contributed by atoms with van der Waals surface area (Å²) in [7, 11) is -0.289. The molecule has 0 atom stereocenters. The van der Waals surface area contributed by atoms with E-state index in [4.69, 9.17) is 35.9 Å². The number of rotatable bonds is 6. The Kier molecular flexibility index (Phi) is 13.2. The lowest BCUT2D eigenvalue weighted by Gasteiger charge is -2.32. The molecule has 0 amide bonds. The van der Waals surface area contributed by atoms with Gasteiger partial charge < -0.3 is 9.31 Å². The van der Waals surface area contributed by atoms with Gasteiger partial charge in [0.25, 0.3) is 0 Å². The molecule has 1 saturated heterocycles. The maximum absolute atomic E-state index is 6.24. The average Bonchev–Trinajstić information content (AvgIpc) is 4.34. The quantitative estimate of drug-likeness (QED) is 0.152. The third kappa shape index (κ3) is 9.66.